The lowest BCUT2D eigenvalue weighted by Gasteiger charge is -2.36. The van der Waals surface area contributed by atoms with Crippen LogP contribution < -0.4 is 9.64 Å². The number of hydrogen-bond donors (Lipinski definition) is 0. The Morgan fingerprint density at radius 3 is 2.50 bits per heavy atom. The van der Waals surface area contributed by atoms with Gasteiger partial charge in [0, 0.05) is 39.0 Å². The van der Waals surface area contributed by atoms with E-state index in [1.807, 2.05) is 35.2 Å². The van der Waals surface area contributed by atoms with Crippen molar-refractivity contribution in [3.63, 3.8) is 0 Å². The van der Waals surface area contributed by atoms with E-state index in [0.29, 0.717) is 43.0 Å². The van der Waals surface area contributed by atoms with Crippen molar-refractivity contribution in [2.75, 3.05) is 38.2 Å². The zero-order valence-corrected chi connectivity index (χ0v) is 17.0. The van der Waals surface area contributed by atoms with Gasteiger partial charge in [0.05, 0.1) is 18.4 Å². The summed E-state index contributed by atoms with van der Waals surface area (Å²) in [5.41, 5.74) is 1.49. The number of methoxy groups -OCH3 is 1. The monoisotopic (exact) mass is 408 g/mol. The van der Waals surface area contributed by atoms with Crippen LogP contribution in [0.3, 0.4) is 0 Å². The van der Waals surface area contributed by atoms with Crippen LogP contribution in [0.15, 0.2) is 65.1 Å². The molecule has 1 aliphatic heterocycles. The largest absolute Gasteiger partial charge is 0.495 e. The zero-order valence-electron chi connectivity index (χ0n) is 17.0. The fraction of sp³-hybridized carbons (Fsp3) is 0.292. The Balaban J connectivity index is 1.30. The highest BCUT2D eigenvalue weighted by molar-refractivity contribution is 5.77. The molecule has 5 nitrogen and oxygen atoms in total. The maximum Gasteiger partial charge on any atom is 0.223 e. The Morgan fingerprint density at radius 2 is 1.73 bits per heavy atom. The van der Waals surface area contributed by atoms with E-state index in [1.54, 1.807) is 31.4 Å². The fourth-order valence-electron chi connectivity index (χ4n) is 3.79. The fourth-order valence-corrected chi connectivity index (χ4v) is 3.79. The second kappa shape index (κ2) is 9.03. The minimum Gasteiger partial charge on any atom is -0.495 e. The zero-order chi connectivity index (χ0) is 20.9. The molecule has 2 aromatic carbocycles. The highest BCUT2D eigenvalue weighted by Gasteiger charge is 2.23. The summed E-state index contributed by atoms with van der Waals surface area (Å²) in [6.07, 6.45) is 0.874. The number of carbonyl (C=O) groups is 1. The number of hydrogen-bond acceptors (Lipinski definition) is 4. The molecule has 0 bridgehead atoms. The first-order valence-corrected chi connectivity index (χ1v) is 10.1. The maximum absolute atomic E-state index is 13.9. The number of amides is 1. The molecule has 156 valence electrons. The number of halogens is 1. The molecule has 2 heterocycles. The van der Waals surface area contributed by atoms with Gasteiger partial charge in [-0.1, -0.05) is 24.3 Å². The van der Waals surface area contributed by atoms with Gasteiger partial charge >= 0.3 is 0 Å². The number of benzene rings is 2. The summed E-state index contributed by atoms with van der Waals surface area (Å²) in [4.78, 5) is 16.8. The van der Waals surface area contributed by atoms with Gasteiger partial charge in [-0.15, -0.1) is 0 Å². The second-order valence-electron chi connectivity index (χ2n) is 7.29. The van der Waals surface area contributed by atoms with Crippen LogP contribution in [0.25, 0.3) is 11.3 Å². The molecule has 1 aliphatic rings. The molecule has 1 aromatic heterocycles. The third-order valence-electron chi connectivity index (χ3n) is 5.44. The lowest BCUT2D eigenvalue weighted by Crippen LogP contribution is -2.48. The van der Waals surface area contributed by atoms with Crippen molar-refractivity contribution in [3.8, 4) is 17.1 Å². The molecule has 0 spiro atoms. The summed E-state index contributed by atoms with van der Waals surface area (Å²) >= 11 is 0. The molecule has 0 unspecified atom stereocenters. The summed E-state index contributed by atoms with van der Waals surface area (Å²) in [6.45, 7) is 2.89. The number of carbonyl (C=O) groups excluding carboxylic acids is 1. The van der Waals surface area contributed by atoms with Gasteiger partial charge in [0.2, 0.25) is 5.91 Å². The van der Waals surface area contributed by atoms with E-state index in [4.69, 9.17) is 9.15 Å². The van der Waals surface area contributed by atoms with Gasteiger partial charge in [0.15, 0.2) is 0 Å². The standard InChI is InChI=1S/C24H25FN2O3/c1-29-23-9-5-4-8-21(23)26-14-16-27(17-15-26)24(28)13-11-18-10-12-22(30-18)19-6-2-3-7-20(19)25/h2-10,12H,11,13-17H2,1H3. The predicted molar refractivity (Wildman–Crippen MR) is 114 cm³/mol. The molecule has 1 saturated heterocycles. The Kier molecular flexibility index (Phi) is 6.02. The summed E-state index contributed by atoms with van der Waals surface area (Å²) in [7, 11) is 1.67. The van der Waals surface area contributed by atoms with Gasteiger partial charge in [-0.3, -0.25) is 4.79 Å². The normalized spacial score (nSPS) is 14.1. The van der Waals surface area contributed by atoms with Gasteiger partial charge in [-0.25, -0.2) is 4.39 Å². The van der Waals surface area contributed by atoms with E-state index in [0.717, 1.165) is 24.5 Å². The summed E-state index contributed by atoms with van der Waals surface area (Å²) in [5.74, 6) is 1.82. The lowest BCUT2D eigenvalue weighted by atomic mass is 10.1. The summed E-state index contributed by atoms with van der Waals surface area (Å²) in [5, 5.41) is 0. The first-order valence-electron chi connectivity index (χ1n) is 10.1. The van der Waals surface area contributed by atoms with Crippen LogP contribution in [0.5, 0.6) is 5.75 Å². The van der Waals surface area contributed by atoms with E-state index < -0.39 is 0 Å². The molecule has 30 heavy (non-hydrogen) atoms. The number of furan rings is 1. The Morgan fingerprint density at radius 1 is 1.00 bits per heavy atom. The number of aryl methyl sites for hydroxylation is 1. The van der Waals surface area contributed by atoms with Crippen molar-refractivity contribution < 1.29 is 18.3 Å². The third kappa shape index (κ3) is 4.32. The molecule has 3 aromatic rings. The van der Waals surface area contributed by atoms with Gasteiger partial charge < -0.3 is 19.0 Å². The molecule has 4 rings (SSSR count). The van der Waals surface area contributed by atoms with Gasteiger partial charge in [0.1, 0.15) is 23.1 Å². The molecule has 0 saturated carbocycles. The summed E-state index contributed by atoms with van der Waals surface area (Å²) in [6, 6.07) is 18.0. The van der Waals surface area contributed by atoms with Crippen LogP contribution in [0.2, 0.25) is 0 Å². The molecule has 0 N–H and O–H groups in total. The van der Waals surface area contributed by atoms with Crippen molar-refractivity contribution in [1.82, 2.24) is 4.90 Å². The molecule has 0 aliphatic carbocycles. The summed E-state index contributed by atoms with van der Waals surface area (Å²) < 4.78 is 25.1. The second-order valence-corrected chi connectivity index (χ2v) is 7.29. The van der Waals surface area contributed by atoms with Crippen LogP contribution in [0.4, 0.5) is 10.1 Å². The molecule has 1 amide bonds. The minimum atomic E-state index is -0.317. The van der Waals surface area contributed by atoms with Crippen molar-refractivity contribution >= 4 is 11.6 Å². The first kappa shape index (κ1) is 20.0. The van der Waals surface area contributed by atoms with E-state index in [-0.39, 0.29) is 11.7 Å². The van der Waals surface area contributed by atoms with Gasteiger partial charge in [-0.2, -0.15) is 0 Å². The molecule has 0 radical (unpaired) electrons. The number of nitrogens with zero attached hydrogens (tertiary/aromatic N) is 2. The van der Waals surface area contributed by atoms with Crippen LogP contribution in [-0.4, -0.2) is 44.1 Å². The topological polar surface area (TPSA) is 45.9 Å². The predicted octanol–water partition coefficient (Wildman–Crippen LogP) is 4.38. The van der Waals surface area contributed by atoms with Crippen LogP contribution in [0, 0.1) is 5.82 Å². The van der Waals surface area contributed by atoms with Gasteiger partial charge in [0.25, 0.3) is 0 Å². The van der Waals surface area contributed by atoms with Gasteiger partial charge in [-0.05, 0) is 36.4 Å². The maximum atomic E-state index is 13.9. The Bertz CT molecular complexity index is 1010. The average Bonchev–Trinajstić information content (AvgIpc) is 3.26. The minimum absolute atomic E-state index is 0.110. The van der Waals surface area contributed by atoms with Crippen molar-refractivity contribution in [2.24, 2.45) is 0 Å². The average molecular weight is 408 g/mol. The number of piperazine rings is 1. The molecule has 1 fully saturated rings. The van der Waals surface area contributed by atoms with Crippen LogP contribution in [-0.2, 0) is 11.2 Å². The Labute approximate surface area is 175 Å². The van der Waals surface area contributed by atoms with E-state index >= 15 is 0 Å². The highest BCUT2D eigenvalue weighted by Crippen LogP contribution is 2.29. The van der Waals surface area contributed by atoms with Crippen LogP contribution in [0.1, 0.15) is 12.2 Å². The van der Waals surface area contributed by atoms with Crippen molar-refractivity contribution in [1.29, 1.82) is 0 Å². The molecular weight excluding hydrogens is 383 g/mol. The Hall–Kier alpha value is -3.28. The van der Waals surface area contributed by atoms with Crippen molar-refractivity contribution in [2.45, 2.75) is 12.8 Å². The van der Waals surface area contributed by atoms with E-state index in [2.05, 4.69) is 4.90 Å². The van der Waals surface area contributed by atoms with Crippen molar-refractivity contribution in [3.05, 3.63) is 72.2 Å². The quantitative estimate of drug-likeness (QED) is 0.607. The lowest BCUT2D eigenvalue weighted by molar-refractivity contribution is -0.131. The van der Waals surface area contributed by atoms with E-state index in [9.17, 15) is 9.18 Å². The first-order chi connectivity index (χ1) is 14.7. The number of anilines is 1. The molecule has 6 heteroatoms. The van der Waals surface area contributed by atoms with Crippen LogP contribution >= 0.6 is 0 Å². The smallest absolute Gasteiger partial charge is 0.223 e. The number of para-hydroxylation sites is 2. The molecule has 0 atom stereocenters. The highest BCUT2D eigenvalue weighted by atomic mass is 19.1. The molecular formula is C24H25FN2O3. The van der Waals surface area contributed by atoms with E-state index in [1.165, 1.54) is 6.07 Å². The number of ether oxygens (including phenoxy) is 1. The SMILES string of the molecule is COc1ccccc1N1CCN(C(=O)CCc2ccc(-c3ccccc3F)o2)CC1. The third-order valence-corrected chi connectivity index (χ3v) is 5.44. The number of rotatable bonds is 6.